The number of nitrogens with zero attached hydrogens (tertiary/aromatic N) is 2. The van der Waals surface area contributed by atoms with Crippen LogP contribution in [0, 0.1) is 0 Å². The average molecular weight is 383 g/mol. The zero-order valence-corrected chi connectivity index (χ0v) is 15.7. The first-order chi connectivity index (χ1) is 11.9. The fraction of sp³-hybridized carbons (Fsp3) is 0. The van der Waals surface area contributed by atoms with Gasteiger partial charge in [-0.2, -0.15) is 0 Å². The molecule has 2 aromatic carbocycles. The van der Waals surface area contributed by atoms with E-state index in [2.05, 4.69) is 107 Å². The van der Waals surface area contributed by atoms with Crippen molar-refractivity contribution in [3.63, 3.8) is 0 Å². The van der Waals surface area contributed by atoms with E-state index in [1.54, 1.807) is 0 Å². The zero-order valence-electron chi connectivity index (χ0n) is 14.1. The molecule has 0 spiro atoms. The maximum absolute atomic E-state index is 2.15. The van der Waals surface area contributed by atoms with Crippen molar-refractivity contribution in [3.8, 4) is 0 Å². The van der Waals surface area contributed by atoms with Gasteiger partial charge in [0.2, 0.25) is 0 Å². The molecule has 2 nitrogen and oxygen atoms in total. The van der Waals surface area contributed by atoms with E-state index in [4.69, 9.17) is 0 Å². The average Bonchev–Trinajstić information content (AvgIpc) is 2.70. The first-order valence-electron chi connectivity index (χ1n) is 8.04. The molecular weight excluding hydrogens is 363 g/mol. The molecular formula is C22H20Cl2N2. The second-order valence-electron chi connectivity index (χ2n) is 5.66. The van der Waals surface area contributed by atoms with Crippen LogP contribution in [0.3, 0.4) is 0 Å². The summed E-state index contributed by atoms with van der Waals surface area (Å²) >= 11 is 0. The van der Waals surface area contributed by atoms with Crippen LogP contribution >= 0.6 is 24.8 Å². The van der Waals surface area contributed by atoms with E-state index >= 15 is 0 Å². The molecule has 0 fully saturated rings. The number of halogens is 2. The third-order valence-electron chi connectivity index (χ3n) is 4.10. The lowest BCUT2D eigenvalue weighted by molar-refractivity contribution is 1.22. The number of allylic oxidation sites excluding steroid dienone is 6. The van der Waals surface area contributed by atoms with Crippen molar-refractivity contribution >= 4 is 36.2 Å². The van der Waals surface area contributed by atoms with Gasteiger partial charge in [0.05, 0.1) is 0 Å². The Bertz CT molecular complexity index is 760. The van der Waals surface area contributed by atoms with E-state index in [0.717, 1.165) is 0 Å². The Morgan fingerprint density at radius 2 is 0.731 bits per heavy atom. The van der Waals surface area contributed by atoms with Crippen LogP contribution in [0.15, 0.2) is 121 Å². The highest BCUT2D eigenvalue weighted by molar-refractivity contribution is 5.85. The van der Waals surface area contributed by atoms with Gasteiger partial charge in [0.1, 0.15) is 0 Å². The molecule has 0 radical (unpaired) electrons. The fourth-order valence-electron chi connectivity index (χ4n) is 2.78. The summed E-state index contributed by atoms with van der Waals surface area (Å²) in [5.41, 5.74) is 4.75. The molecule has 0 saturated carbocycles. The Morgan fingerprint density at radius 3 is 1.04 bits per heavy atom. The van der Waals surface area contributed by atoms with Crippen molar-refractivity contribution in [2.45, 2.75) is 0 Å². The highest BCUT2D eigenvalue weighted by Gasteiger charge is 2.08. The van der Waals surface area contributed by atoms with Crippen LogP contribution in [0.1, 0.15) is 0 Å². The quantitative estimate of drug-likeness (QED) is 0.607. The summed E-state index contributed by atoms with van der Waals surface area (Å²) in [6.07, 6.45) is 17.0. The largest absolute Gasteiger partial charge is 0.324 e. The van der Waals surface area contributed by atoms with Gasteiger partial charge in [-0.3, -0.25) is 0 Å². The van der Waals surface area contributed by atoms with Crippen molar-refractivity contribution in [3.05, 3.63) is 121 Å². The van der Waals surface area contributed by atoms with Crippen LogP contribution in [0.4, 0.5) is 11.4 Å². The minimum atomic E-state index is 0. The van der Waals surface area contributed by atoms with E-state index < -0.39 is 0 Å². The predicted molar refractivity (Wildman–Crippen MR) is 116 cm³/mol. The van der Waals surface area contributed by atoms with Crippen LogP contribution in [-0.2, 0) is 0 Å². The predicted octanol–water partition coefficient (Wildman–Crippen LogP) is 6.22. The van der Waals surface area contributed by atoms with Gasteiger partial charge in [-0.15, -0.1) is 24.8 Å². The zero-order chi connectivity index (χ0) is 16.2. The minimum absolute atomic E-state index is 0. The number of hydrogen-bond donors (Lipinski definition) is 0. The maximum atomic E-state index is 2.15. The van der Waals surface area contributed by atoms with Gasteiger partial charge in [-0.25, -0.2) is 0 Å². The normalized spacial score (nSPS) is 14.9. The minimum Gasteiger partial charge on any atom is -0.324 e. The Hall–Kier alpha value is -2.68. The van der Waals surface area contributed by atoms with Crippen molar-refractivity contribution in [2.75, 3.05) is 9.80 Å². The summed E-state index contributed by atoms with van der Waals surface area (Å²) in [7, 11) is 0. The van der Waals surface area contributed by atoms with E-state index in [0.29, 0.717) is 0 Å². The molecule has 2 aromatic rings. The van der Waals surface area contributed by atoms with Gasteiger partial charge in [0, 0.05) is 36.2 Å². The Balaban J connectivity index is 0.00000121. The van der Waals surface area contributed by atoms with Gasteiger partial charge in [0.15, 0.2) is 0 Å². The molecule has 2 aliphatic heterocycles. The maximum Gasteiger partial charge on any atom is 0.0449 e. The van der Waals surface area contributed by atoms with Gasteiger partial charge < -0.3 is 9.80 Å². The number of anilines is 2. The highest BCUT2D eigenvalue weighted by atomic mass is 35.5. The van der Waals surface area contributed by atoms with Crippen LogP contribution in [-0.4, -0.2) is 0 Å². The van der Waals surface area contributed by atoms with E-state index in [1.807, 2.05) is 12.1 Å². The summed E-state index contributed by atoms with van der Waals surface area (Å²) in [4.78, 5) is 4.24. The molecule has 4 heteroatoms. The van der Waals surface area contributed by atoms with Gasteiger partial charge in [0.25, 0.3) is 0 Å². The van der Waals surface area contributed by atoms with E-state index in [-0.39, 0.29) is 24.8 Å². The molecule has 4 rings (SSSR count). The standard InChI is InChI=1S/C22H18N2.2ClH/c1-3-7-21(8-4-1)23-15-11-19(12-16-23)20-13-17-24(18-14-20)22-9-5-2-6-10-22;;/h1-18H;2*1H. The van der Waals surface area contributed by atoms with E-state index in [1.165, 1.54) is 22.5 Å². The van der Waals surface area contributed by atoms with Gasteiger partial charge in [-0.05, 0) is 59.7 Å². The van der Waals surface area contributed by atoms with Crippen LogP contribution < -0.4 is 9.80 Å². The van der Waals surface area contributed by atoms with Crippen LogP contribution in [0.5, 0.6) is 0 Å². The SMILES string of the molecule is C1=CN(c2ccccc2)C=CC1=C1C=CN(c2ccccc2)C=C1.Cl.Cl. The van der Waals surface area contributed by atoms with Crippen LogP contribution in [0.25, 0.3) is 0 Å². The molecule has 0 bridgehead atoms. The van der Waals surface area contributed by atoms with Crippen molar-refractivity contribution in [1.82, 2.24) is 0 Å². The van der Waals surface area contributed by atoms with Crippen molar-refractivity contribution in [2.24, 2.45) is 0 Å². The topological polar surface area (TPSA) is 6.48 Å². The third kappa shape index (κ3) is 4.29. The molecule has 0 atom stereocenters. The molecule has 0 aromatic heterocycles. The highest BCUT2D eigenvalue weighted by Crippen LogP contribution is 2.24. The molecule has 0 saturated heterocycles. The van der Waals surface area contributed by atoms with Gasteiger partial charge in [-0.1, -0.05) is 36.4 Å². The molecule has 132 valence electrons. The monoisotopic (exact) mass is 382 g/mol. The molecule has 0 unspecified atom stereocenters. The van der Waals surface area contributed by atoms with Gasteiger partial charge >= 0.3 is 0 Å². The summed E-state index contributed by atoms with van der Waals surface area (Å²) < 4.78 is 0. The summed E-state index contributed by atoms with van der Waals surface area (Å²) in [6, 6.07) is 20.7. The molecule has 2 aliphatic rings. The molecule has 0 aliphatic carbocycles. The Morgan fingerprint density at radius 1 is 0.423 bits per heavy atom. The van der Waals surface area contributed by atoms with Crippen LogP contribution in [0.2, 0.25) is 0 Å². The smallest absolute Gasteiger partial charge is 0.0449 e. The number of para-hydroxylation sites is 2. The first kappa shape index (κ1) is 19.6. The molecule has 26 heavy (non-hydrogen) atoms. The molecule has 2 heterocycles. The van der Waals surface area contributed by atoms with Crippen molar-refractivity contribution < 1.29 is 0 Å². The molecule has 0 N–H and O–H groups in total. The third-order valence-corrected chi connectivity index (χ3v) is 4.10. The van der Waals surface area contributed by atoms with Crippen molar-refractivity contribution in [1.29, 1.82) is 0 Å². The van der Waals surface area contributed by atoms with E-state index in [9.17, 15) is 0 Å². The summed E-state index contributed by atoms with van der Waals surface area (Å²) in [6.45, 7) is 0. The number of benzene rings is 2. The molecule has 0 amide bonds. The lowest BCUT2D eigenvalue weighted by atomic mass is 10.0. The number of hydrogen-bond acceptors (Lipinski definition) is 2. The lowest BCUT2D eigenvalue weighted by Gasteiger charge is -2.22. The first-order valence-corrected chi connectivity index (χ1v) is 8.04. The second kappa shape index (κ2) is 9.14. The second-order valence-corrected chi connectivity index (χ2v) is 5.66. The fourth-order valence-corrected chi connectivity index (χ4v) is 2.78. The summed E-state index contributed by atoms with van der Waals surface area (Å²) in [5, 5.41) is 0. The lowest BCUT2D eigenvalue weighted by Crippen LogP contribution is -2.11. The summed E-state index contributed by atoms with van der Waals surface area (Å²) in [5.74, 6) is 0. The Kier molecular flexibility index (Phi) is 6.90. The Labute approximate surface area is 167 Å². The number of rotatable bonds is 2.